The third kappa shape index (κ3) is 4.19. The Balaban J connectivity index is 1.41. The van der Waals surface area contributed by atoms with Gasteiger partial charge in [-0.25, -0.2) is 0 Å². The maximum Gasteiger partial charge on any atom is 0.262 e. The number of anilines is 1. The van der Waals surface area contributed by atoms with Crippen LogP contribution in [0.15, 0.2) is 42.5 Å². The van der Waals surface area contributed by atoms with E-state index >= 15 is 0 Å². The maximum atomic E-state index is 11.3. The smallest absolute Gasteiger partial charge is 0.262 e. The zero-order chi connectivity index (χ0) is 16.8. The van der Waals surface area contributed by atoms with Crippen LogP contribution in [0, 0.1) is 0 Å². The van der Waals surface area contributed by atoms with E-state index in [9.17, 15) is 4.79 Å². The molecule has 5 heteroatoms. The largest absolute Gasteiger partial charge is 0.493 e. The average Bonchev–Trinajstić information content (AvgIpc) is 2.61. The molecular weight excluding hydrogens is 306 g/mol. The van der Waals surface area contributed by atoms with E-state index in [1.807, 2.05) is 18.2 Å². The number of amides is 1. The van der Waals surface area contributed by atoms with Crippen molar-refractivity contribution in [3.05, 3.63) is 48.0 Å². The van der Waals surface area contributed by atoms with Gasteiger partial charge in [-0.3, -0.25) is 4.79 Å². The van der Waals surface area contributed by atoms with Crippen LogP contribution in [0.3, 0.4) is 0 Å². The lowest BCUT2D eigenvalue weighted by Crippen LogP contribution is -2.25. The van der Waals surface area contributed by atoms with Crippen LogP contribution in [0.1, 0.15) is 18.9 Å². The summed E-state index contributed by atoms with van der Waals surface area (Å²) in [4.78, 5) is 11.3. The Morgan fingerprint density at radius 2 is 1.75 bits per heavy atom. The molecule has 0 unspecified atom stereocenters. The second-order valence-corrected chi connectivity index (χ2v) is 5.54. The van der Waals surface area contributed by atoms with Gasteiger partial charge in [0.1, 0.15) is 17.2 Å². The van der Waals surface area contributed by atoms with E-state index in [1.54, 1.807) is 12.1 Å². The molecule has 1 N–H and O–H groups in total. The normalized spacial score (nSPS) is 12.8. The highest BCUT2D eigenvalue weighted by atomic mass is 16.5. The molecule has 0 aliphatic carbocycles. The third-order valence-electron chi connectivity index (χ3n) is 3.74. The molecule has 0 spiro atoms. The molecule has 1 aliphatic rings. The Morgan fingerprint density at radius 3 is 2.50 bits per heavy atom. The standard InChI is InChI=1S/C19H21NO4/c1-2-14-4-6-15(7-5-14)22-10-3-11-23-16-8-9-18-17(12-16)20-19(21)13-24-18/h4-9,12H,2-3,10-11,13H2,1H3,(H,20,21). The van der Waals surface area contributed by atoms with Gasteiger partial charge in [-0.1, -0.05) is 19.1 Å². The molecule has 0 bridgehead atoms. The molecule has 0 saturated carbocycles. The minimum absolute atomic E-state index is 0.0593. The molecule has 1 amide bonds. The van der Waals surface area contributed by atoms with Crippen molar-refractivity contribution in [3.8, 4) is 17.2 Å². The Bertz CT molecular complexity index is 697. The quantitative estimate of drug-likeness (QED) is 0.792. The molecule has 1 heterocycles. The number of carbonyl (C=O) groups excluding carboxylic acids is 1. The first-order valence-corrected chi connectivity index (χ1v) is 8.16. The highest BCUT2D eigenvalue weighted by Gasteiger charge is 2.16. The molecular formula is C19H21NO4. The molecule has 0 aromatic heterocycles. The number of ether oxygens (including phenoxy) is 3. The molecule has 0 radical (unpaired) electrons. The Morgan fingerprint density at radius 1 is 1.04 bits per heavy atom. The zero-order valence-corrected chi connectivity index (χ0v) is 13.7. The summed E-state index contributed by atoms with van der Waals surface area (Å²) >= 11 is 0. The van der Waals surface area contributed by atoms with Gasteiger partial charge in [0, 0.05) is 12.5 Å². The third-order valence-corrected chi connectivity index (χ3v) is 3.74. The second-order valence-electron chi connectivity index (χ2n) is 5.54. The lowest BCUT2D eigenvalue weighted by molar-refractivity contribution is -0.118. The van der Waals surface area contributed by atoms with Gasteiger partial charge < -0.3 is 19.5 Å². The van der Waals surface area contributed by atoms with Crippen molar-refractivity contribution >= 4 is 11.6 Å². The summed E-state index contributed by atoms with van der Waals surface area (Å²) in [6.07, 6.45) is 1.80. The number of rotatable bonds is 7. The van der Waals surface area contributed by atoms with E-state index in [2.05, 4.69) is 24.4 Å². The number of nitrogens with one attached hydrogen (secondary N) is 1. The molecule has 24 heavy (non-hydrogen) atoms. The van der Waals surface area contributed by atoms with Crippen LogP contribution in [0.4, 0.5) is 5.69 Å². The highest BCUT2D eigenvalue weighted by molar-refractivity contribution is 5.95. The van der Waals surface area contributed by atoms with Crippen molar-refractivity contribution < 1.29 is 19.0 Å². The number of aryl methyl sites for hydroxylation is 1. The fraction of sp³-hybridized carbons (Fsp3) is 0.316. The minimum atomic E-state index is -0.151. The molecule has 0 saturated heterocycles. The Labute approximate surface area is 141 Å². The van der Waals surface area contributed by atoms with Crippen LogP contribution in [-0.4, -0.2) is 25.7 Å². The fourth-order valence-corrected chi connectivity index (χ4v) is 2.41. The van der Waals surface area contributed by atoms with Gasteiger partial charge in [-0.15, -0.1) is 0 Å². The van der Waals surface area contributed by atoms with Crippen LogP contribution in [-0.2, 0) is 11.2 Å². The van der Waals surface area contributed by atoms with Gasteiger partial charge in [0.15, 0.2) is 6.61 Å². The fourth-order valence-electron chi connectivity index (χ4n) is 2.41. The van der Waals surface area contributed by atoms with Crippen LogP contribution in [0.2, 0.25) is 0 Å². The summed E-state index contributed by atoms with van der Waals surface area (Å²) in [5.74, 6) is 2.09. The second kappa shape index (κ2) is 7.73. The first-order chi connectivity index (χ1) is 11.7. The van der Waals surface area contributed by atoms with E-state index in [0.29, 0.717) is 30.4 Å². The Hall–Kier alpha value is -2.69. The first kappa shape index (κ1) is 16.2. The molecule has 1 aliphatic heterocycles. The Kier molecular flexibility index (Phi) is 5.21. The van der Waals surface area contributed by atoms with Crippen molar-refractivity contribution in [2.45, 2.75) is 19.8 Å². The molecule has 0 atom stereocenters. The molecule has 2 aromatic rings. The molecule has 5 nitrogen and oxygen atoms in total. The van der Waals surface area contributed by atoms with E-state index in [-0.39, 0.29) is 12.5 Å². The van der Waals surface area contributed by atoms with Crippen molar-refractivity contribution in [1.29, 1.82) is 0 Å². The molecule has 0 fully saturated rings. The van der Waals surface area contributed by atoms with Crippen molar-refractivity contribution in [2.75, 3.05) is 25.1 Å². The van der Waals surface area contributed by atoms with Gasteiger partial charge in [0.05, 0.1) is 18.9 Å². The number of benzene rings is 2. The first-order valence-electron chi connectivity index (χ1n) is 8.16. The number of carbonyl (C=O) groups is 1. The minimum Gasteiger partial charge on any atom is -0.493 e. The lowest BCUT2D eigenvalue weighted by atomic mass is 10.2. The predicted molar refractivity (Wildman–Crippen MR) is 92.0 cm³/mol. The van der Waals surface area contributed by atoms with Gasteiger partial charge in [0.25, 0.3) is 5.91 Å². The van der Waals surface area contributed by atoms with Gasteiger partial charge in [-0.2, -0.15) is 0 Å². The number of hydrogen-bond donors (Lipinski definition) is 1. The topological polar surface area (TPSA) is 56.8 Å². The van der Waals surface area contributed by atoms with Crippen LogP contribution < -0.4 is 19.5 Å². The van der Waals surface area contributed by atoms with E-state index in [1.165, 1.54) is 5.56 Å². The van der Waals surface area contributed by atoms with E-state index in [4.69, 9.17) is 14.2 Å². The van der Waals surface area contributed by atoms with Gasteiger partial charge in [-0.05, 0) is 36.2 Å². The van der Waals surface area contributed by atoms with Crippen molar-refractivity contribution in [2.24, 2.45) is 0 Å². The summed E-state index contributed by atoms with van der Waals surface area (Å²) < 4.78 is 16.7. The predicted octanol–water partition coefficient (Wildman–Crippen LogP) is 3.43. The lowest BCUT2D eigenvalue weighted by Gasteiger charge is -2.18. The van der Waals surface area contributed by atoms with E-state index < -0.39 is 0 Å². The highest BCUT2D eigenvalue weighted by Crippen LogP contribution is 2.31. The molecule has 3 rings (SSSR count). The number of fused-ring (bicyclic) bond motifs is 1. The van der Waals surface area contributed by atoms with Gasteiger partial charge in [0.2, 0.25) is 0 Å². The SMILES string of the molecule is CCc1ccc(OCCCOc2ccc3c(c2)NC(=O)CO3)cc1. The summed E-state index contributed by atoms with van der Waals surface area (Å²) in [6.45, 7) is 3.33. The molecule has 2 aromatic carbocycles. The van der Waals surface area contributed by atoms with E-state index in [0.717, 1.165) is 18.6 Å². The van der Waals surface area contributed by atoms with Crippen molar-refractivity contribution in [3.63, 3.8) is 0 Å². The van der Waals surface area contributed by atoms with Gasteiger partial charge >= 0.3 is 0 Å². The summed E-state index contributed by atoms with van der Waals surface area (Å²) in [6, 6.07) is 13.6. The number of hydrogen-bond acceptors (Lipinski definition) is 4. The van der Waals surface area contributed by atoms with Crippen LogP contribution >= 0.6 is 0 Å². The average molecular weight is 327 g/mol. The van der Waals surface area contributed by atoms with Crippen LogP contribution in [0.25, 0.3) is 0 Å². The van der Waals surface area contributed by atoms with Crippen molar-refractivity contribution in [1.82, 2.24) is 0 Å². The molecule has 126 valence electrons. The summed E-state index contributed by atoms with van der Waals surface area (Å²) in [7, 11) is 0. The van der Waals surface area contributed by atoms with Crippen LogP contribution in [0.5, 0.6) is 17.2 Å². The zero-order valence-electron chi connectivity index (χ0n) is 13.7. The monoisotopic (exact) mass is 327 g/mol. The maximum absolute atomic E-state index is 11.3. The summed E-state index contributed by atoms with van der Waals surface area (Å²) in [5, 5.41) is 2.76. The summed E-state index contributed by atoms with van der Waals surface area (Å²) in [5.41, 5.74) is 1.95.